The lowest BCUT2D eigenvalue weighted by molar-refractivity contribution is 0.487. The lowest BCUT2D eigenvalue weighted by Gasteiger charge is -2.05. The number of thiophene rings is 1. The summed E-state index contributed by atoms with van der Waals surface area (Å²) in [5, 5.41) is 2.98. The molecule has 1 N–H and O–H groups in total. The molecule has 0 amide bonds. The van der Waals surface area contributed by atoms with Crippen molar-refractivity contribution >= 4 is 27.3 Å². The molecule has 1 heterocycles. The molecule has 0 saturated heterocycles. The van der Waals surface area contributed by atoms with Crippen molar-refractivity contribution in [2.75, 3.05) is 0 Å². The van der Waals surface area contributed by atoms with Gasteiger partial charge < -0.3 is 5.32 Å². The number of nitrogens with one attached hydrogen (secondary N) is 1. The van der Waals surface area contributed by atoms with Gasteiger partial charge in [0.05, 0.1) is 3.79 Å². The lowest BCUT2D eigenvalue weighted by Crippen LogP contribution is -2.13. The fraction of sp³-hybridized carbons (Fsp3) is 0.167. The first-order chi connectivity index (χ1) is 8.56. The van der Waals surface area contributed by atoms with Crippen molar-refractivity contribution in [1.82, 2.24) is 5.32 Å². The van der Waals surface area contributed by atoms with Gasteiger partial charge in [-0.05, 0) is 34.1 Å². The third-order valence-corrected chi connectivity index (χ3v) is 3.96. The molecular weight excluding hydrogens is 327 g/mol. The Morgan fingerprint density at radius 1 is 1.00 bits per heavy atom. The van der Waals surface area contributed by atoms with Crippen LogP contribution in [-0.4, -0.2) is 0 Å². The molecule has 0 aliphatic rings. The van der Waals surface area contributed by atoms with E-state index in [2.05, 4.69) is 21.2 Å². The van der Waals surface area contributed by atoms with Crippen molar-refractivity contribution in [1.29, 1.82) is 0 Å². The largest absolute Gasteiger partial charge is 0.308 e. The molecule has 0 radical (unpaired) electrons. The molecule has 0 fully saturated rings. The van der Waals surface area contributed by atoms with Crippen LogP contribution in [0.2, 0.25) is 0 Å². The number of benzene rings is 1. The second kappa shape index (κ2) is 5.86. The SMILES string of the molecule is Fc1cc(F)c(CNCc2ccc(Br)s2)cc1F. The van der Waals surface area contributed by atoms with E-state index in [1.165, 1.54) is 0 Å². The maximum Gasteiger partial charge on any atom is 0.161 e. The second-order valence-corrected chi connectivity index (χ2v) is 6.21. The summed E-state index contributed by atoms with van der Waals surface area (Å²) in [6.07, 6.45) is 0. The summed E-state index contributed by atoms with van der Waals surface area (Å²) >= 11 is 4.90. The Morgan fingerprint density at radius 2 is 1.72 bits per heavy atom. The summed E-state index contributed by atoms with van der Waals surface area (Å²) in [5.74, 6) is -2.95. The normalized spacial score (nSPS) is 10.9. The first-order valence-corrected chi connectivity index (χ1v) is 6.75. The maximum atomic E-state index is 13.3. The van der Waals surface area contributed by atoms with Crippen LogP contribution in [-0.2, 0) is 13.1 Å². The second-order valence-electron chi connectivity index (χ2n) is 3.67. The highest BCUT2D eigenvalue weighted by atomic mass is 79.9. The Bertz CT molecular complexity index is 556. The van der Waals surface area contributed by atoms with E-state index in [4.69, 9.17) is 0 Å². The highest BCUT2D eigenvalue weighted by Crippen LogP contribution is 2.22. The summed E-state index contributed by atoms with van der Waals surface area (Å²) in [5.41, 5.74) is 0.115. The van der Waals surface area contributed by atoms with E-state index in [1.54, 1.807) is 11.3 Å². The number of rotatable bonds is 4. The topological polar surface area (TPSA) is 12.0 Å². The Balaban J connectivity index is 1.96. The molecule has 0 bridgehead atoms. The van der Waals surface area contributed by atoms with Gasteiger partial charge >= 0.3 is 0 Å². The summed E-state index contributed by atoms with van der Waals surface area (Å²) in [7, 11) is 0. The van der Waals surface area contributed by atoms with Gasteiger partial charge in [-0.3, -0.25) is 0 Å². The molecule has 0 spiro atoms. The number of hydrogen-bond donors (Lipinski definition) is 1. The van der Waals surface area contributed by atoms with E-state index in [0.29, 0.717) is 12.6 Å². The van der Waals surface area contributed by atoms with Gasteiger partial charge in [-0.1, -0.05) is 0 Å². The lowest BCUT2D eigenvalue weighted by atomic mass is 10.2. The number of hydrogen-bond acceptors (Lipinski definition) is 2. The van der Waals surface area contributed by atoms with Crippen LogP contribution in [0.5, 0.6) is 0 Å². The molecule has 0 saturated carbocycles. The van der Waals surface area contributed by atoms with Crippen LogP contribution in [0.1, 0.15) is 10.4 Å². The molecule has 18 heavy (non-hydrogen) atoms. The Labute approximate surface area is 115 Å². The fourth-order valence-corrected chi connectivity index (χ4v) is 2.92. The van der Waals surface area contributed by atoms with Crippen LogP contribution in [0, 0.1) is 17.5 Å². The zero-order valence-electron chi connectivity index (χ0n) is 9.14. The van der Waals surface area contributed by atoms with Crippen LogP contribution in [0.15, 0.2) is 28.1 Å². The molecule has 0 unspecified atom stereocenters. The van der Waals surface area contributed by atoms with E-state index in [0.717, 1.165) is 14.7 Å². The Morgan fingerprint density at radius 3 is 2.39 bits per heavy atom. The van der Waals surface area contributed by atoms with Crippen molar-refractivity contribution in [3.05, 3.63) is 55.9 Å². The highest BCUT2D eigenvalue weighted by Gasteiger charge is 2.09. The summed E-state index contributed by atoms with van der Waals surface area (Å²) in [6.45, 7) is 0.702. The smallest absolute Gasteiger partial charge is 0.161 e. The van der Waals surface area contributed by atoms with Crippen molar-refractivity contribution in [2.45, 2.75) is 13.1 Å². The van der Waals surface area contributed by atoms with Crippen LogP contribution < -0.4 is 5.32 Å². The molecule has 2 rings (SSSR count). The van der Waals surface area contributed by atoms with Crippen molar-refractivity contribution < 1.29 is 13.2 Å². The van der Waals surface area contributed by atoms with E-state index >= 15 is 0 Å². The Kier molecular flexibility index (Phi) is 4.42. The highest BCUT2D eigenvalue weighted by molar-refractivity contribution is 9.11. The maximum absolute atomic E-state index is 13.3. The molecule has 1 nitrogen and oxygen atoms in total. The van der Waals surface area contributed by atoms with Crippen molar-refractivity contribution in [3.8, 4) is 0 Å². The van der Waals surface area contributed by atoms with Gasteiger partial charge in [0, 0.05) is 29.6 Å². The molecule has 6 heteroatoms. The molecule has 96 valence electrons. The van der Waals surface area contributed by atoms with E-state index in [9.17, 15) is 13.2 Å². The summed E-state index contributed by atoms with van der Waals surface area (Å²) < 4.78 is 40.0. The minimum Gasteiger partial charge on any atom is -0.308 e. The third-order valence-electron chi connectivity index (χ3n) is 2.33. The zero-order valence-corrected chi connectivity index (χ0v) is 11.5. The standard InChI is InChI=1S/C12H9BrF3NS/c13-12-2-1-8(18-12)6-17-5-7-3-10(15)11(16)4-9(7)14/h1-4,17H,5-6H2. The molecular formula is C12H9BrF3NS. The molecule has 0 aliphatic heterocycles. The Hall–Kier alpha value is -0.850. The first-order valence-electron chi connectivity index (χ1n) is 5.14. The van der Waals surface area contributed by atoms with Gasteiger partial charge in [-0.15, -0.1) is 11.3 Å². The van der Waals surface area contributed by atoms with Crippen LogP contribution in [0.3, 0.4) is 0 Å². The average Bonchev–Trinajstić information content (AvgIpc) is 2.71. The van der Waals surface area contributed by atoms with E-state index in [-0.39, 0.29) is 12.1 Å². The summed E-state index contributed by atoms with van der Waals surface area (Å²) in [6, 6.07) is 5.29. The van der Waals surface area contributed by atoms with Crippen LogP contribution in [0.25, 0.3) is 0 Å². The molecule has 0 aliphatic carbocycles. The van der Waals surface area contributed by atoms with Gasteiger partial charge in [0.25, 0.3) is 0 Å². The minimum absolute atomic E-state index is 0.115. The quantitative estimate of drug-likeness (QED) is 0.825. The van der Waals surface area contributed by atoms with Crippen LogP contribution in [0.4, 0.5) is 13.2 Å². The van der Waals surface area contributed by atoms with Gasteiger partial charge in [0.1, 0.15) is 5.82 Å². The third kappa shape index (κ3) is 3.34. The molecule has 1 aromatic heterocycles. The predicted octanol–water partition coefficient (Wildman–Crippen LogP) is 4.22. The van der Waals surface area contributed by atoms with Crippen LogP contribution >= 0.6 is 27.3 Å². The fourth-order valence-electron chi connectivity index (χ4n) is 1.47. The van der Waals surface area contributed by atoms with E-state index < -0.39 is 17.5 Å². The molecule has 2 aromatic rings. The molecule has 1 aromatic carbocycles. The van der Waals surface area contributed by atoms with Gasteiger partial charge in [-0.25, -0.2) is 13.2 Å². The van der Waals surface area contributed by atoms with Crippen molar-refractivity contribution in [3.63, 3.8) is 0 Å². The van der Waals surface area contributed by atoms with Gasteiger partial charge in [-0.2, -0.15) is 0 Å². The zero-order chi connectivity index (χ0) is 13.1. The number of halogens is 4. The minimum atomic E-state index is -1.17. The van der Waals surface area contributed by atoms with E-state index in [1.807, 2.05) is 12.1 Å². The average molecular weight is 336 g/mol. The van der Waals surface area contributed by atoms with Gasteiger partial charge in [0.2, 0.25) is 0 Å². The van der Waals surface area contributed by atoms with Crippen molar-refractivity contribution in [2.24, 2.45) is 0 Å². The predicted molar refractivity (Wildman–Crippen MR) is 68.9 cm³/mol. The molecule has 0 atom stereocenters. The monoisotopic (exact) mass is 335 g/mol. The first kappa shape index (κ1) is 13.6. The van der Waals surface area contributed by atoms with Gasteiger partial charge in [0.15, 0.2) is 11.6 Å². The summed E-state index contributed by atoms with van der Waals surface area (Å²) in [4.78, 5) is 1.07.